The second kappa shape index (κ2) is 8.20. The summed E-state index contributed by atoms with van der Waals surface area (Å²) in [6, 6.07) is 13.2. The van der Waals surface area contributed by atoms with Gasteiger partial charge in [0.2, 0.25) is 0 Å². The van der Waals surface area contributed by atoms with E-state index in [0.29, 0.717) is 22.2 Å². The van der Waals surface area contributed by atoms with Crippen molar-refractivity contribution in [2.75, 3.05) is 18.4 Å². The van der Waals surface area contributed by atoms with Crippen LogP contribution in [0, 0.1) is 5.53 Å². The summed E-state index contributed by atoms with van der Waals surface area (Å²) >= 11 is 0. The molecular weight excluding hydrogens is 382 g/mol. The van der Waals surface area contributed by atoms with Crippen LogP contribution in [-0.4, -0.2) is 34.0 Å². The predicted octanol–water partition coefficient (Wildman–Crippen LogP) is 3.91. The Balaban J connectivity index is 1.55. The number of nitrogens with one attached hydrogen (secondary N) is 3. The van der Waals surface area contributed by atoms with Gasteiger partial charge in [0.15, 0.2) is 0 Å². The van der Waals surface area contributed by atoms with E-state index in [2.05, 4.69) is 15.4 Å². The van der Waals surface area contributed by atoms with Crippen LogP contribution in [0.5, 0.6) is 5.75 Å². The Hall–Kier alpha value is -3.94. The highest BCUT2D eigenvalue weighted by molar-refractivity contribution is 5.94. The third-order valence-electron chi connectivity index (χ3n) is 5.12. The van der Waals surface area contributed by atoms with Crippen molar-refractivity contribution in [2.45, 2.75) is 12.8 Å². The first-order valence-corrected chi connectivity index (χ1v) is 9.65. The molecule has 0 radical (unpaired) electrons. The van der Waals surface area contributed by atoms with E-state index in [1.54, 1.807) is 36.4 Å². The van der Waals surface area contributed by atoms with E-state index in [0.717, 1.165) is 25.9 Å². The molecule has 1 aliphatic heterocycles. The molecule has 8 nitrogen and oxygen atoms in total. The molecule has 2 heterocycles. The van der Waals surface area contributed by atoms with Crippen molar-refractivity contribution in [1.29, 1.82) is 5.53 Å². The average Bonchev–Trinajstić information content (AvgIpc) is 3.29. The highest BCUT2D eigenvalue weighted by Crippen LogP contribution is 2.22. The van der Waals surface area contributed by atoms with Crippen LogP contribution in [0.3, 0.4) is 0 Å². The number of phenolic OH excluding ortho intramolecular Hbond substituents is 1. The van der Waals surface area contributed by atoms with Crippen LogP contribution in [0.15, 0.2) is 64.6 Å². The van der Waals surface area contributed by atoms with Crippen molar-refractivity contribution >= 4 is 28.2 Å². The summed E-state index contributed by atoms with van der Waals surface area (Å²) < 4.78 is 0. The topological polar surface area (TPSA) is 122 Å². The molecular formula is C22H21N5O3. The lowest BCUT2D eigenvalue weighted by Crippen LogP contribution is -2.27. The van der Waals surface area contributed by atoms with Crippen LogP contribution in [0.4, 0.5) is 5.69 Å². The van der Waals surface area contributed by atoms with Gasteiger partial charge < -0.3 is 20.3 Å². The van der Waals surface area contributed by atoms with Gasteiger partial charge in [-0.1, -0.05) is 0 Å². The minimum Gasteiger partial charge on any atom is -0.508 e. The van der Waals surface area contributed by atoms with E-state index in [9.17, 15) is 14.7 Å². The number of carbonyl (C=O) groups excluding carboxylic acids is 1. The number of hydrogen-bond acceptors (Lipinski definition) is 6. The lowest BCUT2D eigenvalue weighted by molar-refractivity contribution is 0.0793. The first-order chi connectivity index (χ1) is 14.5. The molecule has 4 N–H and O–H groups in total. The number of aromatic amines is 1. The normalized spacial score (nSPS) is 14.1. The monoisotopic (exact) mass is 403 g/mol. The number of hydrogen-bond donors (Lipinski definition) is 4. The van der Waals surface area contributed by atoms with Crippen LogP contribution in [0.2, 0.25) is 0 Å². The molecule has 8 heteroatoms. The lowest BCUT2D eigenvalue weighted by atomic mass is 10.1. The number of pyridine rings is 1. The number of carbonyl (C=O) groups is 1. The van der Waals surface area contributed by atoms with Gasteiger partial charge in [-0.25, -0.2) is 5.53 Å². The molecule has 1 aliphatic rings. The van der Waals surface area contributed by atoms with Crippen molar-refractivity contribution in [3.63, 3.8) is 0 Å². The molecule has 4 rings (SSSR count). The maximum absolute atomic E-state index is 12.4. The highest BCUT2D eigenvalue weighted by Gasteiger charge is 2.19. The summed E-state index contributed by atoms with van der Waals surface area (Å²) in [6.07, 6.45) is 3.55. The summed E-state index contributed by atoms with van der Waals surface area (Å²) in [7, 11) is 0. The molecule has 1 aromatic heterocycles. The third-order valence-corrected chi connectivity index (χ3v) is 5.12. The molecule has 3 aromatic rings. The number of rotatable bonds is 5. The third kappa shape index (κ3) is 3.93. The number of aromatic nitrogens is 1. The summed E-state index contributed by atoms with van der Waals surface area (Å²) in [5.41, 5.74) is 9.32. The molecule has 152 valence electrons. The molecule has 0 saturated carbocycles. The van der Waals surface area contributed by atoms with E-state index in [4.69, 9.17) is 5.53 Å². The van der Waals surface area contributed by atoms with Gasteiger partial charge >= 0.3 is 0 Å². The van der Waals surface area contributed by atoms with Crippen LogP contribution in [0.1, 0.15) is 28.8 Å². The fraction of sp³-hybridized carbons (Fsp3) is 0.182. The number of anilines is 1. The highest BCUT2D eigenvalue weighted by atomic mass is 16.3. The van der Waals surface area contributed by atoms with Crippen LogP contribution < -0.4 is 10.9 Å². The lowest BCUT2D eigenvalue weighted by Gasteiger charge is -2.15. The Kier molecular flexibility index (Phi) is 5.30. The first-order valence-electron chi connectivity index (χ1n) is 9.65. The molecule has 0 atom stereocenters. The molecule has 0 spiro atoms. The van der Waals surface area contributed by atoms with Crippen LogP contribution in [-0.2, 0) is 0 Å². The minimum atomic E-state index is -0.385. The molecule has 1 fully saturated rings. The van der Waals surface area contributed by atoms with E-state index < -0.39 is 0 Å². The molecule has 0 unspecified atom stereocenters. The van der Waals surface area contributed by atoms with E-state index in [1.165, 1.54) is 18.3 Å². The van der Waals surface area contributed by atoms with Crippen molar-refractivity contribution in [2.24, 2.45) is 5.11 Å². The van der Waals surface area contributed by atoms with Crippen molar-refractivity contribution in [3.8, 4) is 5.75 Å². The van der Waals surface area contributed by atoms with Crippen LogP contribution in [0.25, 0.3) is 16.6 Å². The minimum absolute atomic E-state index is 0.0300. The summed E-state index contributed by atoms with van der Waals surface area (Å²) in [6.45, 7) is 1.60. The van der Waals surface area contributed by atoms with Gasteiger partial charge in [-0.15, -0.1) is 0 Å². The van der Waals surface area contributed by atoms with Gasteiger partial charge in [0.25, 0.3) is 11.5 Å². The average molecular weight is 403 g/mol. The zero-order valence-electron chi connectivity index (χ0n) is 16.2. The quantitative estimate of drug-likeness (QED) is 0.483. The number of benzene rings is 2. The molecule has 0 aliphatic carbocycles. The van der Waals surface area contributed by atoms with E-state index in [1.807, 2.05) is 4.90 Å². The van der Waals surface area contributed by atoms with Crippen LogP contribution >= 0.6 is 0 Å². The molecule has 1 amide bonds. The number of H-pyrrole nitrogens is 1. The second-order valence-electron chi connectivity index (χ2n) is 7.15. The summed E-state index contributed by atoms with van der Waals surface area (Å²) in [5.74, 6) is 0.109. The molecule has 2 aromatic carbocycles. The Bertz CT molecular complexity index is 1190. The number of amides is 1. The maximum Gasteiger partial charge on any atom is 0.258 e. The van der Waals surface area contributed by atoms with E-state index in [-0.39, 0.29) is 28.5 Å². The standard InChI is InChI=1S/C22H21N5O3/c23-26-20(18-12-15-11-17(28)7-8-19(15)25-21(18)29)13-24-16-5-3-14(4-6-16)22(30)27-9-1-2-10-27/h3-8,11-13,23-24,28H,1-2,9-10H2,(H,25,29)/b20-13-,26-23?. The van der Waals surface area contributed by atoms with Crippen molar-refractivity contribution < 1.29 is 9.90 Å². The van der Waals surface area contributed by atoms with Gasteiger partial charge in [0.1, 0.15) is 11.4 Å². The summed E-state index contributed by atoms with van der Waals surface area (Å²) in [4.78, 5) is 29.4. The van der Waals surface area contributed by atoms with Gasteiger partial charge in [-0.3, -0.25) is 9.59 Å². The Morgan fingerprint density at radius 1 is 1.13 bits per heavy atom. The number of nitrogens with zero attached hydrogens (tertiary/aromatic N) is 2. The van der Waals surface area contributed by atoms with Crippen molar-refractivity contribution in [1.82, 2.24) is 9.88 Å². The number of aromatic hydroxyl groups is 1. The van der Waals surface area contributed by atoms with Gasteiger partial charge in [-0.2, -0.15) is 5.11 Å². The first kappa shape index (κ1) is 19.4. The molecule has 0 bridgehead atoms. The molecule has 1 saturated heterocycles. The zero-order valence-corrected chi connectivity index (χ0v) is 16.2. The fourth-order valence-electron chi connectivity index (χ4n) is 3.52. The van der Waals surface area contributed by atoms with Gasteiger partial charge in [-0.05, 0) is 61.4 Å². The fourth-order valence-corrected chi connectivity index (χ4v) is 3.52. The Morgan fingerprint density at radius 2 is 1.87 bits per heavy atom. The SMILES string of the molecule is N=N/C(=C\Nc1ccc(C(=O)N2CCCC2)cc1)c1cc2cc(O)ccc2[nH]c1=O. The number of fused-ring (bicyclic) bond motifs is 1. The predicted molar refractivity (Wildman–Crippen MR) is 115 cm³/mol. The Labute approximate surface area is 172 Å². The second-order valence-corrected chi connectivity index (χ2v) is 7.15. The maximum atomic E-state index is 12.4. The number of phenols is 1. The largest absolute Gasteiger partial charge is 0.508 e. The van der Waals surface area contributed by atoms with Gasteiger partial charge in [0.05, 0.1) is 5.56 Å². The number of likely N-dealkylation sites (tertiary alicyclic amines) is 1. The zero-order chi connectivity index (χ0) is 21.1. The Morgan fingerprint density at radius 3 is 2.57 bits per heavy atom. The van der Waals surface area contributed by atoms with E-state index >= 15 is 0 Å². The van der Waals surface area contributed by atoms with Crippen molar-refractivity contribution in [3.05, 3.63) is 76.2 Å². The van der Waals surface area contributed by atoms with Gasteiger partial charge in [0, 0.05) is 41.4 Å². The smallest absolute Gasteiger partial charge is 0.258 e. The molecule has 30 heavy (non-hydrogen) atoms. The summed E-state index contributed by atoms with van der Waals surface area (Å²) in [5, 5.41) is 16.8.